The second-order valence-electron chi connectivity index (χ2n) is 11.7. The van der Waals surface area contributed by atoms with Gasteiger partial charge >= 0.3 is 6.09 Å². The molecule has 10 heteroatoms. The van der Waals surface area contributed by atoms with Crippen molar-refractivity contribution >= 4 is 33.8 Å². The summed E-state index contributed by atoms with van der Waals surface area (Å²) in [4.78, 5) is 35.2. The fourth-order valence-corrected chi connectivity index (χ4v) is 6.28. The molecule has 3 N–H and O–H groups in total. The Morgan fingerprint density at radius 2 is 1.54 bits per heavy atom. The first-order valence-corrected chi connectivity index (χ1v) is 16.3. The molecule has 0 unspecified atom stereocenters. The first-order valence-electron chi connectivity index (χ1n) is 16.3. The number of carbonyl (C=O) groups is 1. The Balaban J connectivity index is 1.87. The number of aryl methyl sites for hydroxylation is 2. The molecule has 0 saturated carbocycles. The molecule has 0 aliphatic heterocycles. The number of nitrogens with one attached hydrogen (secondary N) is 3. The van der Waals surface area contributed by atoms with Crippen LogP contribution in [0, 0.1) is 31.8 Å². The van der Waals surface area contributed by atoms with Gasteiger partial charge in [-0.15, -0.1) is 0 Å². The Hall–Kier alpha value is -6.65. The second kappa shape index (κ2) is 14.2. The molecular weight excluding hydrogens is 624 g/mol. The zero-order valence-electron chi connectivity index (χ0n) is 28.5. The number of rotatable bonds is 8. The number of hydrogen-bond acceptors (Lipinski definition) is 6. The molecule has 248 valence electrons. The van der Waals surface area contributed by atoms with Crippen LogP contribution in [-0.2, 0) is 0 Å². The van der Waals surface area contributed by atoms with E-state index in [1.54, 1.807) is 24.5 Å². The summed E-state index contributed by atoms with van der Waals surface area (Å²) >= 11 is 0. The second-order valence-corrected chi connectivity index (χ2v) is 11.7. The van der Waals surface area contributed by atoms with Crippen LogP contribution in [0.5, 0.6) is 5.75 Å². The summed E-state index contributed by atoms with van der Waals surface area (Å²) in [5, 5.41) is 15.6. The van der Waals surface area contributed by atoms with Gasteiger partial charge in [0.25, 0.3) is 0 Å². The van der Waals surface area contributed by atoms with Crippen LogP contribution in [0.1, 0.15) is 36.4 Å². The zero-order chi connectivity index (χ0) is 35.4. The van der Waals surface area contributed by atoms with Crippen molar-refractivity contribution < 1.29 is 9.53 Å². The van der Waals surface area contributed by atoms with Crippen molar-refractivity contribution in [2.75, 3.05) is 25.0 Å². The summed E-state index contributed by atoms with van der Waals surface area (Å²) in [5.74, 6) is 0.296. The number of para-hydroxylation sites is 1. The van der Waals surface area contributed by atoms with Gasteiger partial charge in [-0.1, -0.05) is 36.4 Å². The number of nitrogens with zero attached hydrogens (tertiary/aromatic N) is 5. The molecule has 4 aromatic heterocycles. The lowest BCUT2D eigenvalue weighted by Crippen LogP contribution is -2.22. The van der Waals surface area contributed by atoms with Crippen molar-refractivity contribution in [1.29, 1.82) is 5.26 Å². The van der Waals surface area contributed by atoms with Crippen LogP contribution in [0.2, 0.25) is 0 Å². The summed E-state index contributed by atoms with van der Waals surface area (Å²) in [5.41, 5.74) is 7.25. The number of hydrogen-bond donors (Lipinski definition) is 3. The Labute approximate surface area is 290 Å². The number of fused-ring (bicyclic) bond motifs is 1. The van der Waals surface area contributed by atoms with Crippen molar-refractivity contribution in [2.45, 2.75) is 27.7 Å². The number of aromatic nitrogens is 4. The van der Waals surface area contributed by atoms with Crippen LogP contribution in [0.4, 0.5) is 10.5 Å². The van der Waals surface area contributed by atoms with E-state index < -0.39 is 6.09 Å². The number of benzene rings is 2. The van der Waals surface area contributed by atoms with Gasteiger partial charge in [0, 0.05) is 60.1 Å². The highest BCUT2D eigenvalue weighted by atomic mass is 16.6. The zero-order valence-corrected chi connectivity index (χ0v) is 28.5. The third-order valence-electron chi connectivity index (χ3n) is 8.72. The third-order valence-corrected chi connectivity index (χ3v) is 8.72. The predicted molar refractivity (Wildman–Crippen MR) is 197 cm³/mol. The van der Waals surface area contributed by atoms with E-state index in [1.165, 1.54) is 7.05 Å². The highest BCUT2D eigenvalue weighted by Gasteiger charge is 2.25. The maximum atomic E-state index is 12.5. The van der Waals surface area contributed by atoms with Crippen LogP contribution in [0.15, 0.2) is 85.2 Å². The average molecular weight is 661 g/mol. The van der Waals surface area contributed by atoms with Gasteiger partial charge in [0.15, 0.2) is 0 Å². The van der Waals surface area contributed by atoms with Crippen molar-refractivity contribution in [3.63, 3.8) is 0 Å². The highest BCUT2D eigenvalue weighted by Crippen LogP contribution is 2.37. The normalized spacial score (nSPS) is 12.1. The predicted octanol–water partition coefficient (Wildman–Crippen LogP) is 6.60. The molecule has 0 radical (unpaired) electrons. The first kappa shape index (κ1) is 33.3. The van der Waals surface area contributed by atoms with E-state index in [-0.39, 0.29) is 0 Å². The van der Waals surface area contributed by atoms with Gasteiger partial charge in [-0.3, -0.25) is 9.97 Å². The molecule has 0 bridgehead atoms. The molecule has 0 spiro atoms. The number of H-pyrrole nitrogens is 2. The fourth-order valence-electron chi connectivity index (χ4n) is 6.28. The van der Waals surface area contributed by atoms with E-state index in [9.17, 15) is 10.1 Å². The van der Waals surface area contributed by atoms with Crippen LogP contribution >= 0.6 is 0 Å². The molecule has 0 aliphatic rings. The molecule has 0 fully saturated rings. The summed E-state index contributed by atoms with van der Waals surface area (Å²) < 4.78 is 5.73. The van der Waals surface area contributed by atoms with E-state index in [1.807, 2.05) is 74.5 Å². The summed E-state index contributed by atoms with van der Waals surface area (Å²) in [6, 6.07) is 25.2. The van der Waals surface area contributed by atoms with Crippen LogP contribution in [0.25, 0.3) is 49.4 Å². The monoisotopic (exact) mass is 660 g/mol. The van der Waals surface area contributed by atoms with Gasteiger partial charge in [0.2, 0.25) is 5.70 Å². The minimum atomic E-state index is -0.630. The van der Waals surface area contributed by atoms with Gasteiger partial charge in [0.1, 0.15) is 17.4 Å². The number of pyridine rings is 2. The van der Waals surface area contributed by atoms with Gasteiger partial charge in [-0.25, -0.2) is 9.64 Å². The van der Waals surface area contributed by atoms with Gasteiger partial charge in [0.05, 0.1) is 40.0 Å². The molecule has 50 heavy (non-hydrogen) atoms. The highest BCUT2D eigenvalue weighted by molar-refractivity contribution is 6.08. The standard InChI is InChI=1S/C40H36N8O2/c1-7-48(8-2)26-18-20-45-31(22-26)38(42-5)39-34-33(36(47-39)28-15-11-12-16-32(28)50-40(49)43-6)37(29(23-41)30-21-24(3)17-19-44-30)46-35(34)27-14-10-9-13-25(27)4/h9-22,46-47H,7-8H2,1-4,6H3,(H,43,49)/b37-29-,39-38+. The van der Waals surface area contributed by atoms with E-state index in [0.29, 0.717) is 61.1 Å². The molecule has 0 atom stereocenters. The van der Waals surface area contributed by atoms with E-state index in [2.05, 4.69) is 54.9 Å². The van der Waals surface area contributed by atoms with Crippen molar-refractivity contribution in [3.8, 4) is 34.3 Å². The lowest BCUT2D eigenvalue weighted by molar-refractivity contribution is 0.203. The Morgan fingerprint density at radius 3 is 2.22 bits per heavy atom. The maximum absolute atomic E-state index is 12.5. The molecule has 0 saturated heterocycles. The van der Waals surface area contributed by atoms with E-state index >= 15 is 0 Å². The van der Waals surface area contributed by atoms with Gasteiger partial charge < -0.3 is 24.9 Å². The molecule has 2 aromatic carbocycles. The Kier molecular flexibility index (Phi) is 9.46. The smallest absolute Gasteiger partial charge is 0.410 e. The molecule has 1 amide bonds. The van der Waals surface area contributed by atoms with Crippen LogP contribution in [0.3, 0.4) is 0 Å². The molecule has 4 heterocycles. The minimum Gasteiger partial charge on any atom is -0.410 e. The largest absolute Gasteiger partial charge is 0.412 e. The number of nitriles is 1. The molecule has 0 aliphatic carbocycles. The van der Waals surface area contributed by atoms with E-state index in [0.717, 1.165) is 41.2 Å². The number of aromatic amines is 2. The minimum absolute atomic E-state index is 0.296. The Bertz CT molecular complexity index is 2460. The van der Waals surface area contributed by atoms with Crippen LogP contribution in [-0.4, -0.2) is 46.2 Å². The summed E-state index contributed by atoms with van der Waals surface area (Å²) in [7, 11) is 1.49. The number of amides is 1. The molecule has 6 aromatic rings. The lowest BCUT2D eigenvalue weighted by Gasteiger charge is -2.21. The van der Waals surface area contributed by atoms with Crippen molar-refractivity contribution in [2.24, 2.45) is 0 Å². The van der Waals surface area contributed by atoms with Gasteiger partial charge in [-0.05, 0) is 75.2 Å². The molecular formula is C40H36N8O2. The number of carbonyl (C=O) groups excluding carboxylic acids is 1. The molecule has 10 nitrogen and oxygen atoms in total. The maximum Gasteiger partial charge on any atom is 0.412 e. The van der Waals surface area contributed by atoms with E-state index in [4.69, 9.17) is 11.3 Å². The van der Waals surface area contributed by atoms with Crippen LogP contribution < -0.4 is 25.7 Å². The third kappa shape index (κ3) is 6.07. The fraction of sp³-hybridized carbons (Fsp3) is 0.175. The van der Waals surface area contributed by atoms with Crippen molar-refractivity contribution in [3.05, 3.63) is 130 Å². The number of ether oxygens (including phenoxy) is 1. The topological polar surface area (TPSA) is 127 Å². The average Bonchev–Trinajstić information content (AvgIpc) is 3.70. The first-order chi connectivity index (χ1) is 24.3. The van der Waals surface area contributed by atoms with Crippen molar-refractivity contribution in [1.82, 2.24) is 25.3 Å². The summed E-state index contributed by atoms with van der Waals surface area (Å²) in [6.45, 7) is 18.3. The Morgan fingerprint density at radius 1 is 0.900 bits per heavy atom. The quantitative estimate of drug-likeness (QED) is 0.158. The van der Waals surface area contributed by atoms with Gasteiger partial charge in [-0.2, -0.15) is 5.26 Å². The SMILES string of the molecule is [C-]#[N+]/C(c1cc(N(CC)CC)ccn1)=c1/[nH]c(-c2ccccc2OC(=O)NC)c2/c(=C(\C#N)c3cc(C)ccn3)[nH]c(-c3ccccc3C)c12. The molecule has 6 rings (SSSR count). The summed E-state index contributed by atoms with van der Waals surface area (Å²) in [6.07, 6.45) is 2.77. The lowest BCUT2D eigenvalue weighted by atomic mass is 10.0. The number of anilines is 1.